The molecule has 0 aliphatic carbocycles. The average Bonchev–Trinajstić information content (AvgIpc) is 2.86. The van der Waals surface area contributed by atoms with Crippen molar-refractivity contribution in [1.29, 1.82) is 0 Å². The first-order chi connectivity index (χ1) is 8.67. The van der Waals surface area contributed by atoms with Gasteiger partial charge in [-0.25, -0.2) is 9.48 Å². The van der Waals surface area contributed by atoms with Crippen LogP contribution in [0.25, 0.3) is 5.69 Å². The largest absolute Gasteiger partial charge is 0.465 e. The highest BCUT2D eigenvalue weighted by Crippen LogP contribution is 2.22. The molecule has 0 fully saturated rings. The molecule has 7 heteroatoms. The van der Waals surface area contributed by atoms with E-state index in [1.807, 2.05) is 0 Å². The van der Waals surface area contributed by atoms with E-state index in [4.69, 9.17) is 11.6 Å². The van der Waals surface area contributed by atoms with Crippen LogP contribution in [-0.4, -0.2) is 34.4 Å². The second-order valence-corrected chi connectivity index (χ2v) is 3.75. The van der Waals surface area contributed by atoms with Gasteiger partial charge < -0.3 is 4.74 Å². The van der Waals surface area contributed by atoms with E-state index in [9.17, 15) is 9.59 Å². The van der Waals surface area contributed by atoms with Gasteiger partial charge in [-0.15, -0.1) is 5.10 Å². The minimum absolute atomic E-state index is 0.235. The number of benzene rings is 1. The maximum Gasteiger partial charge on any atom is 0.337 e. The van der Waals surface area contributed by atoms with Gasteiger partial charge >= 0.3 is 5.97 Å². The first-order valence-electron chi connectivity index (χ1n) is 4.91. The molecule has 0 bridgehead atoms. The molecule has 18 heavy (non-hydrogen) atoms. The number of aromatic nitrogens is 3. The van der Waals surface area contributed by atoms with Crippen LogP contribution in [0.5, 0.6) is 0 Å². The Balaban J connectivity index is 2.56. The summed E-state index contributed by atoms with van der Waals surface area (Å²) in [5, 5.41) is 7.70. The summed E-state index contributed by atoms with van der Waals surface area (Å²) in [6.45, 7) is 0. The second-order valence-electron chi connectivity index (χ2n) is 3.35. The Morgan fingerprint density at radius 1 is 1.50 bits per heavy atom. The molecule has 0 amide bonds. The highest BCUT2D eigenvalue weighted by Gasteiger charge is 2.13. The lowest BCUT2D eigenvalue weighted by molar-refractivity contribution is 0.0600. The monoisotopic (exact) mass is 265 g/mol. The van der Waals surface area contributed by atoms with E-state index in [1.54, 1.807) is 0 Å². The lowest BCUT2D eigenvalue weighted by atomic mass is 10.2. The Bertz CT molecular complexity index is 609. The van der Waals surface area contributed by atoms with Crippen LogP contribution in [-0.2, 0) is 4.74 Å². The molecule has 2 rings (SSSR count). The molecule has 1 heterocycles. The van der Waals surface area contributed by atoms with Gasteiger partial charge in [0.2, 0.25) is 0 Å². The van der Waals surface area contributed by atoms with Gasteiger partial charge in [-0.1, -0.05) is 16.8 Å². The smallest absolute Gasteiger partial charge is 0.337 e. The zero-order valence-electron chi connectivity index (χ0n) is 9.33. The Morgan fingerprint density at radius 3 is 2.94 bits per heavy atom. The van der Waals surface area contributed by atoms with E-state index in [0.717, 1.165) is 0 Å². The second kappa shape index (κ2) is 4.97. The molecule has 0 saturated heterocycles. The number of nitrogens with zero attached hydrogens (tertiary/aromatic N) is 3. The molecule has 0 atom stereocenters. The minimum atomic E-state index is -0.499. The fraction of sp³-hybridized carbons (Fsp3) is 0.0909. The summed E-state index contributed by atoms with van der Waals surface area (Å²) < 4.78 is 5.86. The van der Waals surface area contributed by atoms with Crippen molar-refractivity contribution in [1.82, 2.24) is 15.0 Å². The Hall–Kier alpha value is -2.21. The standard InChI is InChI=1S/C11H8ClN3O3/c1-18-11(17)7-2-3-9(12)10(4-7)15-8(6-16)5-13-14-15/h2-6H,1H3. The maximum absolute atomic E-state index is 11.4. The molecule has 0 unspecified atom stereocenters. The van der Waals surface area contributed by atoms with Gasteiger partial charge in [0.05, 0.1) is 29.6 Å². The molecule has 0 aliphatic rings. The van der Waals surface area contributed by atoms with Gasteiger partial charge in [-0.3, -0.25) is 4.79 Å². The van der Waals surface area contributed by atoms with E-state index < -0.39 is 5.97 Å². The molecule has 6 nitrogen and oxygen atoms in total. The first kappa shape index (κ1) is 12.3. The van der Waals surface area contributed by atoms with Crippen molar-refractivity contribution in [3.05, 3.63) is 40.7 Å². The summed E-state index contributed by atoms with van der Waals surface area (Å²) in [4.78, 5) is 22.2. The lowest BCUT2D eigenvalue weighted by Gasteiger charge is -2.07. The van der Waals surface area contributed by atoms with Crippen LogP contribution in [0.3, 0.4) is 0 Å². The number of rotatable bonds is 3. The highest BCUT2D eigenvalue weighted by atomic mass is 35.5. The Morgan fingerprint density at radius 2 is 2.28 bits per heavy atom. The van der Waals surface area contributed by atoms with Crippen molar-refractivity contribution < 1.29 is 14.3 Å². The number of hydrogen-bond donors (Lipinski definition) is 0. The lowest BCUT2D eigenvalue weighted by Crippen LogP contribution is -2.06. The summed E-state index contributed by atoms with van der Waals surface area (Å²) in [6, 6.07) is 4.53. The van der Waals surface area contributed by atoms with Crippen LogP contribution in [0, 0.1) is 0 Å². The number of esters is 1. The highest BCUT2D eigenvalue weighted by molar-refractivity contribution is 6.32. The summed E-state index contributed by atoms with van der Waals surface area (Å²) >= 11 is 6.01. The molecule has 0 aliphatic heterocycles. The van der Waals surface area contributed by atoms with Crippen molar-refractivity contribution in [3.8, 4) is 5.69 Å². The van der Waals surface area contributed by atoms with Crippen molar-refractivity contribution in [2.45, 2.75) is 0 Å². The zero-order chi connectivity index (χ0) is 13.1. The molecule has 0 radical (unpaired) electrons. The Labute approximate surface area is 107 Å². The molecule has 1 aromatic heterocycles. The van der Waals surface area contributed by atoms with E-state index in [0.29, 0.717) is 22.6 Å². The first-order valence-corrected chi connectivity index (χ1v) is 5.29. The van der Waals surface area contributed by atoms with E-state index in [-0.39, 0.29) is 5.69 Å². The van der Waals surface area contributed by atoms with E-state index in [1.165, 1.54) is 36.2 Å². The van der Waals surface area contributed by atoms with Gasteiger partial charge in [0, 0.05) is 0 Å². The fourth-order valence-electron chi connectivity index (χ4n) is 1.43. The van der Waals surface area contributed by atoms with Crippen molar-refractivity contribution in [3.63, 3.8) is 0 Å². The summed E-state index contributed by atoms with van der Waals surface area (Å²) in [5.41, 5.74) is 0.933. The maximum atomic E-state index is 11.4. The number of carbonyl (C=O) groups excluding carboxylic acids is 2. The molecule has 2 aromatic rings. The molecule has 92 valence electrons. The quantitative estimate of drug-likeness (QED) is 0.621. The summed E-state index contributed by atoms with van der Waals surface area (Å²) in [6.07, 6.45) is 1.90. The zero-order valence-corrected chi connectivity index (χ0v) is 10.1. The van der Waals surface area contributed by atoms with Gasteiger partial charge in [-0.2, -0.15) is 0 Å². The van der Waals surface area contributed by atoms with E-state index in [2.05, 4.69) is 15.0 Å². The number of methoxy groups -OCH3 is 1. The molecule has 0 saturated carbocycles. The SMILES string of the molecule is COC(=O)c1ccc(Cl)c(-n2nncc2C=O)c1. The summed E-state index contributed by atoms with van der Waals surface area (Å²) in [5.74, 6) is -0.499. The number of ether oxygens (including phenoxy) is 1. The topological polar surface area (TPSA) is 74.1 Å². The number of halogens is 1. The third kappa shape index (κ3) is 2.10. The van der Waals surface area contributed by atoms with Crippen LogP contribution in [0.4, 0.5) is 0 Å². The van der Waals surface area contributed by atoms with Crippen molar-refractivity contribution in [2.24, 2.45) is 0 Å². The van der Waals surface area contributed by atoms with Crippen LogP contribution in [0.15, 0.2) is 24.4 Å². The predicted octanol–water partition coefficient (Wildman–Crippen LogP) is 1.52. The molecular weight excluding hydrogens is 258 g/mol. The van der Waals surface area contributed by atoms with Crippen molar-refractivity contribution in [2.75, 3.05) is 7.11 Å². The van der Waals surface area contributed by atoms with Gasteiger partial charge in [0.15, 0.2) is 6.29 Å². The molecular formula is C11H8ClN3O3. The average molecular weight is 266 g/mol. The molecule has 0 spiro atoms. The third-order valence-corrected chi connectivity index (χ3v) is 2.61. The van der Waals surface area contributed by atoms with Crippen molar-refractivity contribution >= 4 is 23.9 Å². The fourth-order valence-corrected chi connectivity index (χ4v) is 1.63. The Kier molecular flexibility index (Phi) is 3.38. The van der Waals surface area contributed by atoms with Crippen LogP contribution >= 0.6 is 11.6 Å². The van der Waals surface area contributed by atoms with Gasteiger partial charge in [0.1, 0.15) is 5.69 Å². The van der Waals surface area contributed by atoms with Gasteiger partial charge in [-0.05, 0) is 18.2 Å². The van der Waals surface area contributed by atoms with Crippen LogP contribution < -0.4 is 0 Å². The van der Waals surface area contributed by atoms with Crippen LogP contribution in [0.1, 0.15) is 20.8 Å². The molecule has 0 N–H and O–H groups in total. The number of aldehydes is 1. The summed E-state index contributed by atoms with van der Waals surface area (Å²) in [7, 11) is 1.28. The predicted molar refractivity (Wildman–Crippen MR) is 63.1 cm³/mol. The normalized spacial score (nSPS) is 10.1. The molecule has 1 aromatic carbocycles. The minimum Gasteiger partial charge on any atom is -0.465 e. The van der Waals surface area contributed by atoms with Gasteiger partial charge in [0.25, 0.3) is 0 Å². The third-order valence-electron chi connectivity index (χ3n) is 2.29. The van der Waals surface area contributed by atoms with E-state index >= 15 is 0 Å². The number of carbonyl (C=O) groups is 2. The van der Waals surface area contributed by atoms with Crippen LogP contribution in [0.2, 0.25) is 5.02 Å². The number of hydrogen-bond acceptors (Lipinski definition) is 5.